The number of benzene rings is 1. The van der Waals surface area contributed by atoms with Crippen molar-refractivity contribution >= 4 is 33.4 Å². The molecule has 1 saturated carbocycles. The number of ether oxygens (including phenoxy) is 1. The number of thiophene rings is 1. The van der Waals surface area contributed by atoms with E-state index in [1.807, 2.05) is 6.92 Å². The summed E-state index contributed by atoms with van der Waals surface area (Å²) < 4.78 is 20.0. The fourth-order valence-electron chi connectivity index (χ4n) is 2.78. The molecular formula is C19H18FN3O3S. The number of rotatable bonds is 6. The highest BCUT2D eigenvalue weighted by molar-refractivity contribution is 7.20. The number of hydrogen-bond donors (Lipinski definition) is 1. The zero-order valence-electron chi connectivity index (χ0n) is 14.7. The first-order valence-electron chi connectivity index (χ1n) is 8.67. The summed E-state index contributed by atoms with van der Waals surface area (Å²) in [5.74, 6) is -1.08. The molecule has 0 unspecified atom stereocenters. The molecule has 1 aliphatic carbocycles. The van der Waals surface area contributed by atoms with Gasteiger partial charge in [0.1, 0.15) is 15.5 Å². The predicted octanol–water partition coefficient (Wildman–Crippen LogP) is 3.03. The zero-order chi connectivity index (χ0) is 19.0. The Hall–Kier alpha value is -2.74. The van der Waals surface area contributed by atoms with Crippen molar-refractivity contribution < 1.29 is 18.7 Å². The summed E-state index contributed by atoms with van der Waals surface area (Å²) in [5.41, 5.74) is 1.71. The summed E-state index contributed by atoms with van der Waals surface area (Å²) >= 11 is 1.27. The second-order valence-electron chi connectivity index (χ2n) is 6.62. The van der Waals surface area contributed by atoms with Crippen LogP contribution in [-0.2, 0) is 16.1 Å². The third-order valence-corrected chi connectivity index (χ3v) is 5.46. The molecule has 1 N–H and O–H groups in total. The maximum absolute atomic E-state index is 13.1. The van der Waals surface area contributed by atoms with Crippen LogP contribution in [0.2, 0.25) is 0 Å². The van der Waals surface area contributed by atoms with Gasteiger partial charge >= 0.3 is 5.97 Å². The van der Waals surface area contributed by atoms with Gasteiger partial charge in [-0.05, 0) is 43.5 Å². The number of nitrogens with zero attached hydrogens (tertiary/aromatic N) is 2. The molecule has 3 aromatic rings. The van der Waals surface area contributed by atoms with Crippen molar-refractivity contribution in [1.82, 2.24) is 15.1 Å². The van der Waals surface area contributed by atoms with E-state index in [0.29, 0.717) is 11.4 Å². The normalized spacial score (nSPS) is 13.7. The number of hydrogen-bond acceptors (Lipinski definition) is 5. The number of fused-ring (bicyclic) bond motifs is 1. The van der Waals surface area contributed by atoms with E-state index in [0.717, 1.165) is 34.3 Å². The molecule has 1 fully saturated rings. The van der Waals surface area contributed by atoms with Gasteiger partial charge < -0.3 is 10.1 Å². The number of amides is 1. The van der Waals surface area contributed by atoms with Gasteiger partial charge in [-0.2, -0.15) is 5.10 Å². The second-order valence-corrected chi connectivity index (χ2v) is 7.65. The van der Waals surface area contributed by atoms with Gasteiger partial charge in [0.25, 0.3) is 5.91 Å². The molecule has 6 nitrogen and oxygen atoms in total. The molecule has 0 atom stereocenters. The van der Waals surface area contributed by atoms with Crippen molar-refractivity contribution in [3.05, 3.63) is 52.3 Å². The molecule has 2 heterocycles. The smallest absolute Gasteiger partial charge is 0.348 e. The lowest BCUT2D eigenvalue weighted by Crippen LogP contribution is -2.30. The van der Waals surface area contributed by atoms with E-state index in [1.54, 1.807) is 22.9 Å². The molecule has 1 aromatic carbocycles. The SMILES string of the molecule is Cc1nn(Cc2ccc(F)cc2)c2sc(C(=O)OCC(=O)NC3CC3)cc12. The Morgan fingerprint density at radius 3 is 2.78 bits per heavy atom. The van der Waals surface area contributed by atoms with Crippen LogP contribution in [0.3, 0.4) is 0 Å². The van der Waals surface area contributed by atoms with Gasteiger partial charge in [0.15, 0.2) is 6.61 Å². The summed E-state index contributed by atoms with van der Waals surface area (Å²) in [7, 11) is 0. The summed E-state index contributed by atoms with van der Waals surface area (Å²) in [6.07, 6.45) is 1.97. The summed E-state index contributed by atoms with van der Waals surface area (Å²) in [6.45, 7) is 2.07. The van der Waals surface area contributed by atoms with Gasteiger partial charge in [0.2, 0.25) is 0 Å². The third kappa shape index (κ3) is 4.00. The lowest BCUT2D eigenvalue weighted by atomic mass is 10.2. The Morgan fingerprint density at radius 2 is 2.07 bits per heavy atom. The minimum absolute atomic E-state index is 0.237. The first-order valence-corrected chi connectivity index (χ1v) is 9.49. The molecule has 0 saturated heterocycles. The van der Waals surface area contributed by atoms with Crippen LogP contribution in [0.1, 0.15) is 33.8 Å². The van der Waals surface area contributed by atoms with Gasteiger partial charge in [0, 0.05) is 11.4 Å². The molecule has 4 rings (SSSR count). The predicted molar refractivity (Wildman–Crippen MR) is 99.3 cm³/mol. The molecule has 140 valence electrons. The Kier molecular flexibility index (Phi) is 4.65. The number of carbonyl (C=O) groups excluding carboxylic acids is 2. The van der Waals surface area contributed by atoms with E-state index in [-0.39, 0.29) is 24.4 Å². The van der Waals surface area contributed by atoms with Gasteiger partial charge in [-0.3, -0.25) is 9.48 Å². The van der Waals surface area contributed by atoms with Crippen molar-refractivity contribution in [2.45, 2.75) is 32.4 Å². The summed E-state index contributed by atoms with van der Waals surface area (Å²) in [5, 5.41) is 8.15. The largest absolute Gasteiger partial charge is 0.451 e. The Labute approximate surface area is 158 Å². The fraction of sp³-hybridized carbons (Fsp3) is 0.316. The second kappa shape index (κ2) is 7.11. The maximum atomic E-state index is 13.1. The number of halogens is 1. The average molecular weight is 387 g/mol. The maximum Gasteiger partial charge on any atom is 0.348 e. The van der Waals surface area contributed by atoms with E-state index in [9.17, 15) is 14.0 Å². The van der Waals surface area contributed by atoms with Gasteiger partial charge in [-0.1, -0.05) is 12.1 Å². The summed E-state index contributed by atoms with van der Waals surface area (Å²) in [6, 6.07) is 8.21. The van der Waals surface area contributed by atoms with Crippen molar-refractivity contribution in [2.75, 3.05) is 6.61 Å². The Bertz CT molecular complexity index is 1010. The standard InChI is InChI=1S/C19H18FN3O3S/c1-11-15-8-16(19(25)26-10-17(24)21-14-6-7-14)27-18(15)23(22-11)9-12-2-4-13(20)5-3-12/h2-5,8,14H,6-7,9-10H2,1H3,(H,21,24). The van der Waals surface area contributed by atoms with E-state index < -0.39 is 5.97 Å². The number of aryl methyl sites for hydroxylation is 1. The minimum atomic E-state index is -0.519. The van der Waals surface area contributed by atoms with Crippen LogP contribution in [-0.4, -0.2) is 34.3 Å². The monoisotopic (exact) mass is 387 g/mol. The number of esters is 1. The lowest BCUT2D eigenvalue weighted by Gasteiger charge is -2.04. The van der Waals surface area contributed by atoms with Crippen molar-refractivity contribution in [1.29, 1.82) is 0 Å². The van der Waals surface area contributed by atoms with E-state index in [4.69, 9.17) is 4.74 Å². The number of aromatic nitrogens is 2. The van der Waals surface area contributed by atoms with Crippen LogP contribution in [0.15, 0.2) is 30.3 Å². The first-order chi connectivity index (χ1) is 13.0. The van der Waals surface area contributed by atoms with Crippen molar-refractivity contribution in [3.8, 4) is 0 Å². The van der Waals surface area contributed by atoms with Gasteiger partial charge in [-0.25, -0.2) is 9.18 Å². The van der Waals surface area contributed by atoms with Crippen LogP contribution in [0.4, 0.5) is 4.39 Å². The number of nitrogens with one attached hydrogen (secondary N) is 1. The first kappa shape index (κ1) is 17.7. The molecule has 0 bridgehead atoms. The van der Waals surface area contributed by atoms with Crippen LogP contribution in [0, 0.1) is 12.7 Å². The van der Waals surface area contributed by atoms with E-state index in [1.165, 1.54) is 23.5 Å². The number of carbonyl (C=O) groups is 2. The van der Waals surface area contributed by atoms with Crippen LogP contribution in [0.5, 0.6) is 0 Å². The molecule has 1 aliphatic rings. The molecule has 2 aromatic heterocycles. The highest BCUT2D eigenvalue weighted by Crippen LogP contribution is 2.29. The van der Waals surface area contributed by atoms with Gasteiger partial charge in [-0.15, -0.1) is 11.3 Å². The quantitative estimate of drug-likeness (QED) is 0.660. The van der Waals surface area contributed by atoms with Gasteiger partial charge in [0.05, 0.1) is 12.2 Å². The molecular weight excluding hydrogens is 369 g/mol. The van der Waals surface area contributed by atoms with E-state index in [2.05, 4.69) is 10.4 Å². The summed E-state index contributed by atoms with van der Waals surface area (Å²) in [4.78, 5) is 25.2. The average Bonchev–Trinajstić information content (AvgIpc) is 3.25. The van der Waals surface area contributed by atoms with Crippen LogP contribution >= 0.6 is 11.3 Å². The van der Waals surface area contributed by atoms with Crippen LogP contribution in [0.25, 0.3) is 10.2 Å². The topological polar surface area (TPSA) is 73.2 Å². The zero-order valence-corrected chi connectivity index (χ0v) is 15.5. The van der Waals surface area contributed by atoms with Crippen molar-refractivity contribution in [2.24, 2.45) is 0 Å². The molecule has 0 spiro atoms. The minimum Gasteiger partial charge on any atom is -0.451 e. The highest BCUT2D eigenvalue weighted by Gasteiger charge is 2.24. The molecule has 8 heteroatoms. The Morgan fingerprint density at radius 1 is 1.33 bits per heavy atom. The van der Waals surface area contributed by atoms with Crippen LogP contribution < -0.4 is 5.32 Å². The molecule has 27 heavy (non-hydrogen) atoms. The highest BCUT2D eigenvalue weighted by atomic mass is 32.1. The molecule has 1 amide bonds. The Balaban J connectivity index is 1.48. The molecule has 0 radical (unpaired) electrons. The fourth-order valence-corrected chi connectivity index (χ4v) is 3.84. The van der Waals surface area contributed by atoms with E-state index >= 15 is 0 Å². The molecule has 0 aliphatic heterocycles. The lowest BCUT2D eigenvalue weighted by molar-refractivity contribution is -0.124. The third-order valence-electron chi connectivity index (χ3n) is 4.33. The van der Waals surface area contributed by atoms with Crippen molar-refractivity contribution in [3.63, 3.8) is 0 Å².